The third-order valence-electron chi connectivity index (χ3n) is 5.30. The summed E-state index contributed by atoms with van der Waals surface area (Å²) >= 11 is 6.28. The number of carbonyl (C=O) groups excluding carboxylic acids is 1. The lowest BCUT2D eigenvalue weighted by atomic mass is 10.0. The molecule has 2 unspecified atom stereocenters. The van der Waals surface area contributed by atoms with Gasteiger partial charge in [-0.25, -0.2) is 10.9 Å². The summed E-state index contributed by atoms with van der Waals surface area (Å²) in [6, 6.07) is 15.6. The average molecular weight is 385 g/mol. The molecule has 0 aliphatic carbocycles. The van der Waals surface area contributed by atoms with Crippen molar-refractivity contribution in [2.45, 2.75) is 37.9 Å². The summed E-state index contributed by atoms with van der Waals surface area (Å²) in [5, 5.41) is 3.76. The first-order valence-corrected chi connectivity index (χ1v) is 9.94. The highest BCUT2D eigenvalue weighted by Crippen LogP contribution is 2.28. The van der Waals surface area contributed by atoms with E-state index in [0.717, 1.165) is 30.9 Å². The number of likely N-dealkylation sites (tertiary alicyclic amines) is 1. The van der Waals surface area contributed by atoms with E-state index in [2.05, 4.69) is 33.2 Å². The van der Waals surface area contributed by atoms with Gasteiger partial charge in [0, 0.05) is 23.3 Å². The fourth-order valence-corrected chi connectivity index (χ4v) is 4.13. The van der Waals surface area contributed by atoms with Crippen molar-refractivity contribution < 1.29 is 4.79 Å². The van der Waals surface area contributed by atoms with Crippen molar-refractivity contribution in [1.82, 2.24) is 15.8 Å². The molecule has 142 valence electrons. The van der Waals surface area contributed by atoms with Crippen molar-refractivity contribution in [2.24, 2.45) is 0 Å². The summed E-state index contributed by atoms with van der Waals surface area (Å²) in [6.07, 6.45) is 3.22. The number of hydrazine groups is 1. The molecule has 3 N–H and O–H groups in total. The number of nitrogens with one attached hydrogen (secondary N) is 3. The van der Waals surface area contributed by atoms with E-state index in [-0.39, 0.29) is 18.0 Å². The van der Waals surface area contributed by atoms with Crippen molar-refractivity contribution in [3.63, 3.8) is 0 Å². The Balaban J connectivity index is 1.36. The largest absolute Gasteiger partial charge is 0.325 e. The fraction of sp³-hybridized carbons (Fsp3) is 0.381. The highest BCUT2D eigenvalue weighted by Gasteiger charge is 2.31. The van der Waals surface area contributed by atoms with E-state index in [1.807, 2.05) is 36.4 Å². The smallest absolute Gasteiger partial charge is 0.242 e. The highest BCUT2D eigenvalue weighted by atomic mass is 35.5. The molecule has 0 bridgehead atoms. The first kappa shape index (κ1) is 18.4. The first-order valence-electron chi connectivity index (χ1n) is 9.57. The number of nitrogens with zero attached hydrogens (tertiary/aromatic N) is 1. The Morgan fingerprint density at radius 1 is 1.11 bits per heavy atom. The van der Waals surface area contributed by atoms with Crippen LogP contribution in [0.5, 0.6) is 0 Å². The lowest BCUT2D eigenvalue weighted by molar-refractivity contribution is -0.117. The second-order valence-corrected chi connectivity index (χ2v) is 7.73. The number of anilines is 1. The molecule has 0 saturated carbocycles. The number of amides is 1. The molecule has 0 spiro atoms. The number of hydrogen-bond acceptors (Lipinski definition) is 4. The standard InChI is InChI=1S/C21H25ClN4O/c22-18-9-2-1-8-17(18)19-13-20(25-24-19)21(27)23-16-7-5-6-15(12-16)14-26-10-3-4-11-26/h1-2,5-9,12,19-20,24-25H,3-4,10-11,13-14H2,(H,23,27). The lowest BCUT2D eigenvalue weighted by Gasteiger charge is -2.16. The van der Waals surface area contributed by atoms with Gasteiger partial charge in [0.2, 0.25) is 5.91 Å². The van der Waals surface area contributed by atoms with Gasteiger partial charge in [-0.2, -0.15) is 0 Å². The van der Waals surface area contributed by atoms with E-state index >= 15 is 0 Å². The zero-order valence-electron chi connectivity index (χ0n) is 15.2. The van der Waals surface area contributed by atoms with E-state index in [1.54, 1.807) is 0 Å². The fourth-order valence-electron chi connectivity index (χ4n) is 3.87. The Morgan fingerprint density at radius 3 is 2.74 bits per heavy atom. The van der Waals surface area contributed by atoms with Gasteiger partial charge in [0.05, 0.1) is 0 Å². The normalized spacial score (nSPS) is 22.9. The second-order valence-electron chi connectivity index (χ2n) is 7.32. The summed E-state index contributed by atoms with van der Waals surface area (Å²) in [5.41, 5.74) is 9.38. The Hall–Kier alpha value is -1.92. The van der Waals surface area contributed by atoms with E-state index in [4.69, 9.17) is 11.6 Å². The average Bonchev–Trinajstić information content (AvgIpc) is 3.34. The predicted molar refractivity (Wildman–Crippen MR) is 108 cm³/mol. The van der Waals surface area contributed by atoms with Gasteiger partial charge in [0.1, 0.15) is 6.04 Å². The number of carbonyl (C=O) groups is 1. The lowest BCUT2D eigenvalue weighted by Crippen LogP contribution is -2.39. The summed E-state index contributed by atoms with van der Waals surface area (Å²) in [4.78, 5) is 15.1. The summed E-state index contributed by atoms with van der Waals surface area (Å²) in [6.45, 7) is 3.27. The van der Waals surface area contributed by atoms with Crippen molar-refractivity contribution in [2.75, 3.05) is 18.4 Å². The summed E-state index contributed by atoms with van der Waals surface area (Å²) < 4.78 is 0. The van der Waals surface area contributed by atoms with Crippen molar-refractivity contribution in [3.8, 4) is 0 Å². The molecule has 2 fully saturated rings. The Kier molecular flexibility index (Phi) is 5.74. The van der Waals surface area contributed by atoms with Crippen LogP contribution in [0.1, 0.15) is 36.4 Å². The molecular formula is C21H25ClN4O. The van der Waals surface area contributed by atoms with Gasteiger partial charge in [-0.1, -0.05) is 41.9 Å². The molecule has 0 aromatic heterocycles. The second kappa shape index (κ2) is 8.40. The summed E-state index contributed by atoms with van der Waals surface area (Å²) in [7, 11) is 0. The van der Waals surface area contributed by atoms with Crippen molar-refractivity contribution in [3.05, 3.63) is 64.7 Å². The SMILES string of the molecule is O=C(Nc1cccc(CN2CCCC2)c1)C1CC(c2ccccc2Cl)NN1. The number of rotatable bonds is 5. The maximum atomic E-state index is 12.7. The quantitative estimate of drug-likeness (QED) is 0.738. The molecule has 6 heteroatoms. The van der Waals surface area contributed by atoms with Crippen LogP contribution in [0.25, 0.3) is 0 Å². The minimum atomic E-state index is -0.298. The molecule has 4 rings (SSSR count). The Labute approximate surface area is 165 Å². The van der Waals surface area contributed by atoms with E-state index < -0.39 is 0 Å². The highest BCUT2D eigenvalue weighted by molar-refractivity contribution is 6.31. The maximum absolute atomic E-state index is 12.7. The van der Waals surface area contributed by atoms with Gasteiger partial charge >= 0.3 is 0 Å². The minimum absolute atomic E-state index is 0.0240. The topological polar surface area (TPSA) is 56.4 Å². The van der Waals surface area contributed by atoms with Crippen LogP contribution in [0, 0.1) is 0 Å². The van der Waals surface area contributed by atoms with Gasteiger partial charge in [0.15, 0.2) is 0 Å². The molecule has 2 aromatic rings. The van der Waals surface area contributed by atoms with Crippen LogP contribution in [0.2, 0.25) is 5.02 Å². The van der Waals surface area contributed by atoms with E-state index in [9.17, 15) is 4.79 Å². The number of halogens is 1. The molecule has 1 amide bonds. The molecule has 2 aliphatic rings. The minimum Gasteiger partial charge on any atom is -0.325 e. The van der Waals surface area contributed by atoms with Crippen molar-refractivity contribution in [1.29, 1.82) is 0 Å². The van der Waals surface area contributed by atoms with Crippen LogP contribution in [-0.4, -0.2) is 29.9 Å². The monoisotopic (exact) mass is 384 g/mol. The molecule has 2 atom stereocenters. The van der Waals surface area contributed by atoms with Crippen LogP contribution < -0.4 is 16.2 Å². The number of hydrogen-bond donors (Lipinski definition) is 3. The van der Waals surface area contributed by atoms with Crippen LogP contribution in [0.4, 0.5) is 5.69 Å². The molecule has 5 nitrogen and oxygen atoms in total. The van der Waals surface area contributed by atoms with Crippen LogP contribution in [0.15, 0.2) is 48.5 Å². The van der Waals surface area contributed by atoms with Crippen LogP contribution in [0.3, 0.4) is 0 Å². The molecule has 2 aliphatic heterocycles. The van der Waals surface area contributed by atoms with Gasteiger partial charge in [-0.15, -0.1) is 0 Å². The third-order valence-corrected chi connectivity index (χ3v) is 5.64. The number of benzene rings is 2. The Morgan fingerprint density at radius 2 is 1.93 bits per heavy atom. The molecule has 2 aromatic carbocycles. The third kappa shape index (κ3) is 4.50. The first-order chi connectivity index (χ1) is 13.2. The van der Waals surface area contributed by atoms with Crippen molar-refractivity contribution >= 4 is 23.2 Å². The predicted octanol–water partition coefficient (Wildman–Crippen LogP) is 3.48. The zero-order valence-corrected chi connectivity index (χ0v) is 16.0. The zero-order chi connectivity index (χ0) is 18.6. The molecule has 2 heterocycles. The van der Waals surface area contributed by atoms with Gasteiger partial charge in [0.25, 0.3) is 0 Å². The van der Waals surface area contributed by atoms with Crippen LogP contribution in [-0.2, 0) is 11.3 Å². The maximum Gasteiger partial charge on any atom is 0.242 e. The Bertz CT molecular complexity index is 806. The van der Waals surface area contributed by atoms with E-state index in [1.165, 1.54) is 18.4 Å². The molecule has 27 heavy (non-hydrogen) atoms. The van der Waals surface area contributed by atoms with Crippen LogP contribution >= 0.6 is 11.6 Å². The van der Waals surface area contributed by atoms with Gasteiger partial charge in [-0.3, -0.25) is 9.69 Å². The van der Waals surface area contributed by atoms with E-state index in [0.29, 0.717) is 11.4 Å². The molecular weight excluding hydrogens is 360 g/mol. The molecule has 0 radical (unpaired) electrons. The summed E-state index contributed by atoms with van der Waals surface area (Å²) in [5.74, 6) is -0.0321. The molecule has 2 saturated heterocycles. The van der Waals surface area contributed by atoms with Gasteiger partial charge in [-0.05, 0) is 61.7 Å². The van der Waals surface area contributed by atoms with Gasteiger partial charge < -0.3 is 5.32 Å².